The number of carbonyl (C=O) groups is 4. The van der Waals surface area contributed by atoms with E-state index in [0.29, 0.717) is 19.5 Å². The van der Waals surface area contributed by atoms with Crippen LogP contribution in [0.1, 0.15) is 58.2 Å². The zero-order chi connectivity index (χ0) is 31.6. The Morgan fingerprint density at radius 1 is 1.07 bits per heavy atom. The molecule has 1 saturated heterocycles. The Morgan fingerprint density at radius 2 is 1.72 bits per heavy atom. The molecule has 3 rings (SSSR count). The molecular formula is C31H44N4O7S. The minimum absolute atomic E-state index is 0.0522. The number of nitrogens with one attached hydrogen (secondary N) is 2. The molecule has 1 unspecified atom stereocenters. The van der Waals surface area contributed by atoms with E-state index >= 15 is 0 Å². The van der Waals surface area contributed by atoms with E-state index in [0.717, 1.165) is 21.7 Å². The maximum atomic E-state index is 13.8. The number of carbonyl (C=O) groups excluding carboxylic acids is 3. The van der Waals surface area contributed by atoms with Gasteiger partial charge in [0.1, 0.15) is 12.1 Å². The standard InChI is InChI=1S/C31H44N4O7S/c1-20-16-24(29(39)32-17-22-6-8-23(9-7-22)27-21(2)33-19-43-27)35(18-20)30(40)28(31(3,4)5)34-25(36)10-12-41-14-15-42-13-11-26(37)38/h6-9,19-20,24,28H,10-18H2,1-5H3,(H,32,39)(H,34,36)(H,37,38)/t20-,24+,28?/m1/s1. The summed E-state index contributed by atoms with van der Waals surface area (Å²) in [4.78, 5) is 57.4. The third kappa shape index (κ3) is 10.4. The van der Waals surface area contributed by atoms with Crippen LogP contribution in [0, 0.1) is 18.3 Å². The number of carboxylic acids is 1. The summed E-state index contributed by atoms with van der Waals surface area (Å²) in [5, 5.41) is 14.5. The van der Waals surface area contributed by atoms with Crippen LogP contribution in [0.5, 0.6) is 0 Å². The predicted molar refractivity (Wildman–Crippen MR) is 163 cm³/mol. The van der Waals surface area contributed by atoms with Gasteiger partial charge >= 0.3 is 5.97 Å². The summed E-state index contributed by atoms with van der Waals surface area (Å²) in [7, 11) is 0. The molecule has 3 amide bonds. The van der Waals surface area contributed by atoms with E-state index in [2.05, 4.69) is 15.6 Å². The minimum atomic E-state index is -0.931. The third-order valence-electron chi connectivity index (χ3n) is 7.25. The summed E-state index contributed by atoms with van der Waals surface area (Å²) >= 11 is 1.59. The van der Waals surface area contributed by atoms with Gasteiger partial charge in [0.25, 0.3) is 0 Å². The highest BCUT2D eigenvalue weighted by atomic mass is 32.1. The van der Waals surface area contributed by atoms with E-state index in [-0.39, 0.29) is 62.9 Å². The first-order valence-corrected chi connectivity index (χ1v) is 15.5. The molecule has 43 heavy (non-hydrogen) atoms. The first-order valence-electron chi connectivity index (χ1n) is 14.6. The molecule has 0 saturated carbocycles. The fourth-order valence-corrected chi connectivity index (χ4v) is 5.70. The molecule has 11 nitrogen and oxygen atoms in total. The zero-order valence-corrected chi connectivity index (χ0v) is 26.5. The Kier molecular flexibility index (Phi) is 12.6. The van der Waals surface area contributed by atoms with Crippen LogP contribution in [0.3, 0.4) is 0 Å². The van der Waals surface area contributed by atoms with Crippen LogP contribution in [0.15, 0.2) is 29.8 Å². The van der Waals surface area contributed by atoms with E-state index in [9.17, 15) is 19.2 Å². The van der Waals surface area contributed by atoms with Crippen LogP contribution in [0.25, 0.3) is 10.4 Å². The lowest BCUT2D eigenvalue weighted by atomic mass is 9.85. The van der Waals surface area contributed by atoms with Gasteiger partial charge in [0, 0.05) is 19.5 Å². The lowest BCUT2D eigenvalue weighted by Gasteiger charge is -2.35. The molecule has 3 N–H and O–H groups in total. The van der Waals surface area contributed by atoms with E-state index in [4.69, 9.17) is 14.6 Å². The predicted octanol–water partition coefficient (Wildman–Crippen LogP) is 3.40. The number of aryl methyl sites for hydroxylation is 1. The second kappa shape index (κ2) is 15.9. The number of hydrogen-bond donors (Lipinski definition) is 3. The van der Waals surface area contributed by atoms with Crippen molar-refractivity contribution in [3.63, 3.8) is 0 Å². The number of ether oxygens (including phenoxy) is 2. The summed E-state index contributed by atoms with van der Waals surface area (Å²) < 4.78 is 10.6. The third-order valence-corrected chi connectivity index (χ3v) is 8.23. The molecule has 3 atom stereocenters. The van der Waals surface area contributed by atoms with E-state index in [1.807, 2.05) is 64.4 Å². The highest BCUT2D eigenvalue weighted by Gasteiger charge is 2.43. The Bertz CT molecular complexity index is 1240. The van der Waals surface area contributed by atoms with Crippen molar-refractivity contribution < 1.29 is 33.8 Å². The normalized spacial score (nSPS) is 17.5. The van der Waals surface area contributed by atoms with Gasteiger partial charge in [0.05, 0.1) is 48.9 Å². The highest BCUT2D eigenvalue weighted by molar-refractivity contribution is 7.13. The molecule has 1 fully saturated rings. The number of aromatic nitrogens is 1. The Morgan fingerprint density at radius 3 is 2.30 bits per heavy atom. The molecule has 1 aliphatic rings. The number of aliphatic carboxylic acids is 1. The number of nitrogens with zero attached hydrogens (tertiary/aromatic N) is 2. The van der Waals surface area contributed by atoms with Crippen LogP contribution < -0.4 is 10.6 Å². The molecule has 1 aromatic heterocycles. The first kappa shape index (κ1) is 34.1. The molecule has 2 aromatic rings. The topological polar surface area (TPSA) is 147 Å². The molecule has 1 aromatic carbocycles. The Hall–Kier alpha value is -3.35. The molecule has 236 valence electrons. The number of benzene rings is 1. The minimum Gasteiger partial charge on any atom is -0.481 e. The van der Waals surface area contributed by atoms with Crippen molar-refractivity contribution in [2.45, 2.75) is 72.5 Å². The summed E-state index contributed by atoms with van der Waals surface area (Å²) in [6.45, 7) is 11.1. The number of likely N-dealkylation sites (tertiary alicyclic amines) is 1. The fraction of sp³-hybridized carbons (Fsp3) is 0.581. The van der Waals surface area contributed by atoms with Crippen LogP contribution in [0.2, 0.25) is 0 Å². The van der Waals surface area contributed by atoms with Crippen molar-refractivity contribution in [3.05, 3.63) is 41.0 Å². The van der Waals surface area contributed by atoms with Gasteiger partial charge in [-0.15, -0.1) is 11.3 Å². The quantitative estimate of drug-likeness (QED) is 0.258. The SMILES string of the molecule is Cc1ncsc1-c1ccc(CNC(=O)[C@@H]2C[C@@H](C)CN2C(=O)C(NC(=O)CCOCCOCCC(=O)O)C(C)(C)C)cc1. The number of carboxylic acid groups (broad SMARTS) is 1. The zero-order valence-electron chi connectivity index (χ0n) is 25.7. The van der Waals surface area contributed by atoms with Crippen molar-refractivity contribution in [1.82, 2.24) is 20.5 Å². The first-order chi connectivity index (χ1) is 20.4. The largest absolute Gasteiger partial charge is 0.481 e. The summed E-state index contributed by atoms with van der Waals surface area (Å²) in [6, 6.07) is 6.57. The second-order valence-electron chi connectivity index (χ2n) is 12.0. The average molecular weight is 617 g/mol. The van der Waals surface area contributed by atoms with Gasteiger partial charge in [-0.1, -0.05) is 52.0 Å². The second-order valence-corrected chi connectivity index (χ2v) is 12.9. The van der Waals surface area contributed by atoms with Gasteiger partial charge in [-0.05, 0) is 35.8 Å². The van der Waals surface area contributed by atoms with Gasteiger partial charge in [-0.3, -0.25) is 19.2 Å². The molecule has 0 radical (unpaired) electrons. The number of rotatable bonds is 15. The van der Waals surface area contributed by atoms with Crippen molar-refractivity contribution >= 4 is 35.0 Å². The van der Waals surface area contributed by atoms with Gasteiger partial charge in [0.2, 0.25) is 17.7 Å². The van der Waals surface area contributed by atoms with E-state index in [1.165, 1.54) is 0 Å². The maximum Gasteiger partial charge on any atom is 0.305 e. The van der Waals surface area contributed by atoms with Gasteiger partial charge in [-0.25, -0.2) is 4.98 Å². The Balaban J connectivity index is 1.53. The fourth-order valence-electron chi connectivity index (χ4n) is 4.89. The van der Waals surface area contributed by atoms with E-state index < -0.39 is 23.5 Å². The van der Waals surface area contributed by atoms with Crippen molar-refractivity contribution in [3.8, 4) is 10.4 Å². The van der Waals surface area contributed by atoms with Crippen molar-refractivity contribution in [2.24, 2.45) is 11.3 Å². The molecule has 12 heteroatoms. The summed E-state index contributed by atoms with van der Waals surface area (Å²) in [6.07, 6.45) is 0.524. The summed E-state index contributed by atoms with van der Waals surface area (Å²) in [5.74, 6) is -1.60. The molecule has 1 aliphatic heterocycles. The van der Waals surface area contributed by atoms with Crippen LogP contribution >= 0.6 is 11.3 Å². The van der Waals surface area contributed by atoms with Crippen molar-refractivity contribution in [2.75, 3.05) is 33.0 Å². The van der Waals surface area contributed by atoms with Crippen LogP contribution in [0.4, 0.5) is 0 Å². The van der Waals surface area contributed by atoms with Gasteiger partial charge in [-0.2, -0.15) is 0 Å². The smallest absolute Gasteiger partial charge is 0.305 e. The monoisotopic (exact) mass is 616 g/mol. The molecule has 0 bridgehead atoms. The average Bonchev–Trinajstić information content (AvgIpc) is 3.56. The van der Waals surface area contributed by atoms with Gasteiger partial charge in [0.15, 0.2) is 0 Å². The van der Waals surface area contributed by atoms with Crippen molar-refractivity contribution in [1.29, 1.82) is 0 Å². The van der Waals surface area contributed by atoms with Crippen LogP contribution in [-0.2, 0) is 35.2 Å². The van der Waals surface area contributed by atoms with Gasteiger partial charge < -0.3 is 30.1 Å². The maximum absolute atomic E-state index is 13.8. The highest BCUT2D eigenvalue weighted by Crippen LogP contribution is 2.29. The molecule has 2 heterocycles. The number of thiazole rings is 1. The lowest BCUT2D eigenvalue weighted by molar-refractivity contribution is -0.144. The van der Waals surface area contributed by atoms with Crippen LogP contribution in [-0.4, -0.2) is 83.7 Å². The Labute approximate surface area is 257 Å². The molecule has 0 aliphatic carbocycles. The molecule has 0 spiro atoms. The summed E-state index contributed by atoms with van der Waals surface area (Å²) in [5.41, 5.74) is 4.26. The van der Waals surface area contributed by atoms with E-state index in [1.54, 1.807) is 16.2 Å². The lowest BCUT2D eigenvalue weighted by Crippen LogP contribution is -2.57. The number of hydrogen-bond acceptors (Lipinski definition) is 8. The number of amides is 3. The molecular weight excluding hydrogens is 572 g/mol.